The molecule has 2 heterocycles. The molecule has 3 aromatic rings. The highest BCUT2D eigenvalue weighted by atomic mass is 16.5. The van der Waals surface area contributed by atoms with E-state index in [0.717, 1.165) is 5.56 Å². The first kappa shape index (κ1) is 11.5. The molecular formula is C14H13N3O2. The number of ether oxygens (including phenoxy) is 1. The molecule has 2 aromatic heterocycles. The molecule has 0 amide bonds. The number of aromatic nitrogens is 3. The van der Waals surface area contributed by atoms with Crippen molar-refractivity contribution >= 4 is 5.52 Å². The molecule has 5 nitrogen and oxygen atoms in total. The summed E-state index contributed by atoms with van der Waals surface area (Å²) in [5.74, 6) is 0.505. The van der Waals surface area contributed by atoms with E-state index < -0.39 is 0 Å². The minimum atomic E-state index is -0.122. The Morgan fingerprint density at radius 2 is 2.00 bits per heavy atom. The van der Waals surface area contributed by atoms with Crippen LogP contribution in [0.25, 0.3) is 5.52 Å². The van der Waals surface area contributed by atoms with Crippen LogP contribution in [0.5, 0.6) is 5.75 Å². The van der Waals surface area contributed by atoms with Crippen LogP contribution in [-0.4, -0.2) is 14.2 Å². The summed E-state index contributed by atoms with van der Waals surface area (Å²) in [7, 11) is 1.70. The second kappa shape index (κ2) is 4.61. The van der Waals surface area contributed by atoms with Crippen molar-refractivity contribution in [1.29, 1.82) is 0 Å². The molecule has 0 radical (unpaired) electrons. The fourth-order valence-corrected chi connectivity index (χ4v) is 1.90. The van der Waals surface area contributed by atoms with Crippen LogP contribution < -0.4 is 10.3 Å². The fourth-order valence-electron chi connectivity index (χ4n) is 1.90. The number of rotatable bonds is 3. The molecule has 96 valence electrons. The summed E-state index contributed by atoms with van der Waals surface area (Å²) in [6.45, 7) is 0.417. The second-order valence-electron chi connectivity index (χ2n) is 4.29. The molecule has 0 aliphatic carbocycles. The molecule has 0 N–H and O–H groups in total. The van der Waals surface area contributed by atoms with E-state index in [2.05, 4.69) is 5.10 Å². The van der Waals surface area contributed by atoms with Crippen LogP contribution in [0.4, 0.5) is 0 Å². The molecule has 0 aliphatic heterocycles. The zero-order chi connectivity index (χ0) is 13.2. The summed E-state index contributed by atoms with van der Waals surface area (Å²) in [6.07, 6.45) is 4.97. The van der Waals surface area contributed by atoms with E-state index in [1.807, 2.05) is 30.3 Å². The summed E-state index contributed by atoms with van der Waals surface area (Å²) in [4.78, 5) is 12.0. The Bertz CT molecular complexity index is 759. The van der Waals surface area contributed by atoms with Crippen molar-refractivity contribution < 1.29 is 4.74 Å². The summed E-state index contributed by atoms with van der Waals surface area (Å²) in [6, 6.07) is 9.81. The Morgan fingerprint density at radius 3 is 2.79 bits per heavy atom. The van der Waals surface area contributed by atoms with Gasteiger partial charge >= 0.3 is 0 Å². The maximum absolute atomic E-state index is 12.0. The topological polar surface area (TPSA) is 48.5 Å². The highest BCUT2D eigenvalue weighted by Gasteiger charge is 2.10. The van der Waals surface area contributed by atoms with Gasteiger partial charge in [0.1, 0.15) is 6.61 Å². The van der Waals surface area contributed by atoms with Crippen molar-refractivity contribution in [3.63, 3.8) is 0 Å². The molecule has 0 bridgehead atoms. The van der Waals surface area contributed by atoms with Crippen LogP contribution in [0.3, 0.4) is 0 Å². The van der Waals surface area contributed by atoms with E-state index in [1.165, 1.54) is 9.08 Å². The van der Waals surface area contributed by atoms with Gasteiger partial charge in [0.15, 0.2) is 11.3 Å². The van der Waals surface area contributed by atoms with E-state index >= 15 is 0 Å². The zero-order valence-corrected chi connectivity index (χ0v) is 10.5. The molecule has 3 rings (SSSR count). The van der Waals surface area contributed by atoms with Crippen molar-refractivity contribution in [1.82, 2.24) is 14.2 Å². The standard InChI is InChI=1S/C14H13N3O2/c1-16-7-8-17-13(14(16)18)12(9-15-17)19-10-11-5-3-2-4-6-11/h2-9H,10H2,1H3. The third kappa shape index (κ3) is 2.10. The van der Waals surface area contributed by atoms with E-state index in [4.69, 9.17) is 4.74 Å². The van der Waals surface area contributed by atoms with Crippen LogP contribution in [0.1, 0.15) is 5.56 Å². The van der Waals surface area contributed by atoms with Crippen molar-refractivity contribution in [2.75, 3.05) is 0 Å². The van der Waals surface area contributed by atoms with Gasteiger partial charge in [-0.15, -0.1) is 0 Å². The number of nitrogens with zero attached hydrogens (tertiary/aromatic N) is 3. The Balaban J connectivity index is 1.94. The van der Waals surface area contributed by atoms with Gasteiger partial charge in [-0.1, -0.05) is 30.3 Å². The maximum atomic E-state index is 12.0. The molecule has 0 aliphatic rings. The molecule has 19 heavy (non-hydrogen) atoms. The van der Waals surface area contributed by atoms with Gasteiger partial charge < -0.3 is 9.30 Å². The predicted molar refractivity (Wildman–Crippen MR) is 71.2 cm³/mol. The molecule has 0 fully saturated rings. The normalized spacial score (nSPS) is 10.8. The Morgan fingerprint density at radius 1 is 1.21 bits per heavy atom. The van der Waals surface area contributed by atoms with E-state index in [9.17, 15) is 4.79 Å². The number of aryl methyl sites for hydroxylation is 1. The van der Waals surface area contributed by atoms with E-state index in [1.54, 1.807) is 25.6 Å². The van der Waals surface area contributed by atoms with Crippen molar-refractivity contribution in [2.45, 2.75) is 6.61 Å². The minimum absolute atomic E-state index is 0.122. The molecular weight excluding hydrogens is 242 g/mol. The number of fused-ring (bicyclic) bond motifs is 1. The molecule has 0 atom stereocenters. The van der Waals surface area contributed by atoms with Gasteiger partial charge in [-0.25, -0.2) is 4.52 Å². The number of hydrogen-bond donors (Lipinski definition) is 0. The van der Waals surface area contributed by atoms with Crippen molar-refractivity contribution in [3.05, 3.63) is 64.8 Å². The zero-order valence-electron chi connectivity index (χ0n) is 10.5. The van der Waals surface area contributed by atoms with Gasteiger partial charge in [-0.2, -0.15) is 5.10 Å². The smallest absolute Gasteiger partial charge is 0.280 e. The van der Waals surface area contributed by atoms with E-state index in [0.29, 0.717) is 17.9 Å². The number of benzene rings is 1. The van der Waals surface area contributed by atoms with Crippen LogP contribution in [0.2, 0.25) is 0 Å². The average molecular weight is 255 g/mol. The highest BCUT2D eigenvalue weighted by molar-refractivity contribution is 5.57. The lowest BCUT2D eigenvalue weighted by Crippen LogP contribution is -2.18. The minimum Gasteiger partial charge on any atom is -0.485 e. The Kier molecular flexibility index (Phi) is 2.79. The highest BCUT2D eigenvalue weighted by Crippen LogP contribution is 2.16. The van der Waals surface area contributed by atoms with Crippen LogP contribution in [-0.2, 0) is 13.7 Å². The molecule has 5 heteroatoms. The van der Waals surface area contributed by atoms with Gasteiger partial charge in [-0.05, 0) is 5.56 Å². The average Bonchev–Trinajstić information content (AvgIpc) is 2.86. The monoisotopic (exact) mass is 255 g/mol. The first-order valence-electron chi connectivity index (χ1n) is 5.95. The first-order chi connectivity index (χ1) is 9.25. The summed E-state index contributed by atoms with van der Waals surface area (Å²) in [5, 5.41) is 4.11. The fraction of sp³-hybridized carbons (Fsp3) is 0.143. The third-order valence-corrected chi connectivity index (χ3v) is 2.95. The van der Waals surface area contributed by atoms with Gasteiger partial charge in [0.2, 0.25) is 0 Å². The maximum Gasteiger partial charge on any atom is 0.280 e. The lowest BCUT2D eigenvalue weighted by molar-refractivity contribution is 0.309. The quantitative estimate of drug-likeness (QED) is 0.714. The van der Waals surface area contributed by atoms with Crippen LogP contribution >= 0.6 is 0 Å². The second-order valence-corrected chi connectivity index (χ2v) is 4.29. The largest absolute Gasteiger partial charge is 0.485 e. The lowest BCUT2D eigenvalue weighted by Gasteiger charge is -2.04. The molecule has 1 aromatic carbocycles. The summed E-state index contributed by atoms with van der Waals surface area (Å²) in [5.41, 5.74) is 1.39. The SMILES string of the molecule is Cn1ccn2ncc(OCc3ccccc3)c2c1=O. The molecule has 0 unspecified atom stereocenters. The predicted octanol–water partition coefficient (Wildman–Crippen LogP) is 1.61. The molecule has 0 saturated carbocycles. The van der Waals surface area contributed by atoms with Crippen LogP contribution in [0, 0.1) is 0 Å². The summed E-state index contributed by atoms with van der Waals surface area (Å²) >= 11 is 0. The van der Waals surface area contributed by atoms with Gasteiger partial charge in [0.25, 0.3) is 5.56 Å². The van der Waals surface area contributed by atoms with Gasteiger partial charge in [0, 0.05) is 19.4 Å². The summed E-state index contributed by atoms with van der Waals surface area (Å²) < 4.78 is 8.72. The van der Waals surface area contributed by atoms with Gasteiger partial charge in [-0.3, -0.25) is 4.79 Å². The van der Waals surface area contributed by atoms with Crippen molar-refractivity contribution in [3.8, 4) is 5.75 Å². The van der Waals surface area contributed by atoms with Crippen LogP contribution in [0.15, 0.2) is 53.7 Å². The van der Waals surface area contributed by atoms with Gasteiger partial charge in [0.05, 0.1) is 6.20 Å². The van der Waals surface area contributed by atoms with E-state index in [-0.39, 0.29) is 5.56 Å². The number of hydrogen-bond acceptors (Lipinski definition) is 3. The van der Waals surface area contributed by atoms with Crippen molar-refractivity contribution in [2.24, 2.45) is 7.05 Å². The lowest BCUT2D eigenvalue weighted by atomic mass is 10.2. The third-order valence-electron chi connectivity index (χ3n) is 2.95. The molecule has 0 spiro atoms. The Hall–Kier alpha value is -2.56. The molecule has 0 saturated heterocycles. The first-order valence-corrected chi connectivity index (χ1v) is 5.95. The Labute approximate surface area is 109 Å².